The molecule has 1 aromatic carbocycles. The van der Waals surface area contributed by atoms with E-state index in [1.807, 2.05) is 18.2 Å². The smallest absolute Gasteiger partial charge is 0.175 e. The summed E-state index contributed by atoms with van der Waals surface area (Å²) in [6.07, 6.45) is 4.89. The third-order valence-corrected chi connectivity index (χ3v) is 4.71. The summed E-state index contributed by atoms with van der Waals surface area (Å²) in [6.45, 7) is 0. The minimum Gasteiger partial charge on any atom is -0.293 e. The number of Topliss-reactive ketones (excluding diaryl/α,β-unsaturated/α-hetero) is 1. The van der Waals surface area contributed by atoms with Crippen LogP contribution in [-0.4, -0.2) is 21.5 Å². The van der Waals surface area contributed by atoms with Gasteiger partial charge < -0.3 is 0 Å². The average Bonchev–Trinajstić information content (AvgIpc) is 2.82. The van der Waals surface area contributed by atoms with Crippen LogP contribution in [0.4, 0.5) is 0 Å². The van der Waals surface area contributed by atoms with Crippen LogP contribution in [0.25, 0.3) is 0 Å². The molecule has 1 aromatic rings. The molecule has 0 amide bonds. The molecule has 0 aliphatic heterocycles. The summed E-state index contributed by atoms with van der Waals surface area (Å²) in [6, 6.07) is 9.14. The Morgan fingerprint density at radius 1 is 1.18 bits per heavy atom. The number of hydrogen-bond donors (Lipinski definition) is 0. The molecule has 2 nitrogen and oxygen atoms in total. The fraction of sp³-hybridized carbons (Fsp3) is 0.500. The van der Waals surface area contributed by atoms with E-state index < -0.39 is 10.8 Å². The molecule has 0 aromatic heterocycles. The number of benzene rings is 1. The van der Waals surface area contributed by atoms with Crippen LogP contribution in [0.15, 0.2) is 30.3 Å². The monoisotopic (exact) mass is 250 g/mol. The molecule has 1 aliphatic carbocycles. The van der Waals surface area contributed by atoms with Gasteiger partial charge in [0.25, 0.3) is 0 Å². The van der Waals surface area contributed by atoms with E-state index in [1.165, 1.54) is 25.7 Å². The maximum Gasteiger partial charge on any atom is 0.175 e. The third kappa shape index (κ3) is 3.77. The van der Waals surface area contributed by atoms with Gasteiger partial charge in [-0.25, -0.2) is 0 Å². The second kappa shape index (κ2) is 6.10. The molecule has 1 saturated carbocycles. The highest BCUT2D eigenvalue weighted by Gasteiger charge is 2.19. The molecule has 92 valence electrons. The largest absolute Gasteiger partial charge is 0.293 e. The lowest BCUT2D eigenvalue weighted by molar-refractivity contribution is 0.102. The Morgan fingerprint density at radius 2 is 1.82 bits per heavy atom. The molecule has 0 N–H and O–H groups in total. The second-order valence-electron chi connectivity index (χ2n) is 4.69. The van der Waals surface area contributed by atoms with Crippen molar-refractivity contribution in [2.75, 3.05) is 11.5 Å². The molecule has 0 bridgehead atoms. The predicted molar refractivity (Wildman–Crippen MR) is 70.6 cm³/mol. The van der Waals surface area contributed by atoms with E-state index >= 15 is 0 Å². The average molecular weight is 250 g/mol. The molecule has 3 heteroatoms. The Kier molecular flexibility index (Phi) is 4.49. The van der Waals surface area contributed by atoms with Crippen LogP contribution < -0.4 is 0 Å². The summed E-state index contributed by atoms with van der Waals surface area (Å²) in [5, 5.41) is 0. The van der Waals surface area contributed by atoms with Crippen molar-refractivity contribution in [2.24, 2.45) is 5.92 Å². The van der Waals surface area contributed by atoms with Gasteiger partial charge in [-0.15, -0.1) is 0 Å². The lowest BCUT2D eigenvalue weighted by Crippen LogP contribution is -2.17. The van der Waals surface area contributed by atoms with Crippen molar-refractivity contribution in [3.63, 3.8) is 0 Å². The van der Waals surface area contributed by atoms with Gasteiger partial charge in [0.05, 0.1) is 5.75 Å². The number of ketones is 1. The fourth-order valence-corrected chi connectivity index (χ4v) is 3.79. The standard InChI is InChI=1S/C14H18O2S/c15-14(13-8-2-1-3-9-13)11-17(16)10-12-6-4-5-7-12/h1-3,8-9,12H,4-7,10-11H2. The summed E-state index contributed by atoms with van der Waals surface area (Å²) >= 11 is 0. The topological polar surface area (TPSA) is 34.1 Å². The first-order valence-corrected chi connectivity index (χ1v) is 7.68. The normalized spacial score (nSPS) is 18.1. The van der Waals surface area contributed by atoms with E-state index in [0.717, 1.165) is 0 Å². The molecule has 1 aliphatic rings. The van der Waals surface area contributed by atoms with Gasteiger partial charge in [-0.1, -0.05) is 43.2 Å². The molecule has 0 heterocycles. The van der Waals surface area contributed by atoms with Crippen LogP contribution in [0.3, 0.4) is 0 Å². The maximum absolute atomic E-state index is 11.9. The van der Waals surface area contributed by atoms with E-state index in [-0.39, 0.29) is 11.5 Å². The van der Waals surface area contributed by atoms with E-state index in [4.69, 9.17) is 0 Å². The summed E-state index contributed by atoms with van der Waals surface area (Å²) in [5.41, 5.74) is 0.673. The highest BCUT2D eigenvalue weighted by molar-refractivity contribution is 7.85. The summed E-state index contributed by atoms with van der Waals surface area (Å²) in [5.74, 6) is 1.47. The van der Waals surface area contributed by atoms with Crippen molar-refractivity contribution in [2.45, 2.75) is 25.7 Å². The van der Waals surface area contributed by atoms with Gasteiger partial charge in [-0.05, 0) is 18.8 Å². The summed E-state index contributed by atoms with van der Waals surface area (Å²) < 4.78 is 11.9. The summed E-state index contributed by atoms with van der Waals surface area (Å²) in [7, 11) is -0.990. The van der Waals surface area contributed by atoms with Gasteiger partial charge in [-0.2, -0.15) is 0 Å². The molecule has 1 atom stereocenters. The minimum atomic E-state index is -0.990. The third-order valence-electron chi connectivity index (χ3n) is 3.28. The van der Waals surface area contributed by atoms with E-state index in [1.54, 1.807) is 12.1 Å². The highest BCUT2D eigenvalue weighted by atomic mass is 32.2. The molecular weight excluding hydrogens is 232 g/mol. The van der Waals surface area contributed by atoms with Crippen molar-refractivity contribution in [1.29, 1.82) is 0 Å². The lowest BCUT2D eigenvalue weighted by atomic mass is 10.1. The van der Waals surface area contributed by atoms with Gasteiger partial charge in [0.1, 0.15) is 0 Å². The number of rotatable bonds is 5. The maximum atomic E-state index is 11.9. The zero-order valence-corrected chi connectivity index (χ0v) is 10.7. The Balaban J connectivity index is 1.84. The first-order chi connectivity index (χ1) is 8.25. The molecule has 0 saturated heterocycles. The SMILES string of the molecule is O=C(CS(=O)CC1CCCC1)c1ccccc1. The molecule has 0 radical (unpaired) electrons. The lowest BCUT2D eigenvalue weighted by Gasteiger charge is -2.07. The minimum absolute atomic E-state index is 0.00179. The van der Waals surface area contributed by atoms with Crippen LogP contribution in [0, 0.1) is 5.92 Å². The Bertz CT molecular complexity index is 394. The van der Waals surface area contributed by atoms with Gasteiger partial charge in [0.15, 0.2) is 5.78 Å². The van der Waals surface area contributed by atoms with Crippen molar-refractivity contribution in [3.8, 4) is 0 Å². The zero-order chi connectivity index (χ0) is 12.1. The molecule has 1 fully saturated rings. The van der Waals surface area contributed by atoms with Gasteiger partial charge in [0, 0.05) is 22.1 Å². The number of carbonyl (C=O) groups excluding carboxylic acids is 1. The predicted octanol–water partition coefficient (Wildman–Crippen LogP) is 2.81. The number of carbonyl (C=O) groups is 1. The number of hydrogen-bond acceptors (Lipinski definition) is 2. The highest BCUT2D eigenvalue weighted by Crippen LogP contribution is 2.25. The van der Waals surface area contributed by atoms with Crippen LogP contribution in [0.5, 0.6) is 0 Å². The Morgan fingerprint density at radius 3 is 2.47 bits per heavy atom. The van der Waals surface area contributed by atoms with Crippen LogP contribution in [0.1, 0.15) is 36.0 Å². The Hall–Kier alpha value is -0.960. The zero-order valence-electron chi connectivity index (χ0n) is 9.93. The quantitative estimate of drug-likeness (QED) is 0.753. The molecule has 17 heavy (non-hydrogen) atoms. The first-order valence-electron chi connectivity index (χ1n) is 6.19. The molecule has 2 rings (SSSR count). The summed E-state index contributed by atoms with van der Waals surface area (Å²) in [4.78, 5) is 11.8. The molecule has 0 spiro atoms. The Labute approximate surface area is 105 Å². The van der Waals surface area contributed by atoms with E-state index in [9.17, 15) is 9.00 Å². The van der Waals surface area contributed by atoms with Gasteiger partial charge >= 0.3 is 0 Å². The van der Waals surface area contributed by atoms with Crippen molar-refractivity contribution < 1.29 is 9.00 Å². The van der Waals surface area contributed by atoms with E-state index in [0.29, 0.717) is 17.2 Å². The first kappa shape index (κ1) is 12.5. The van der Waals surface area contributed by atoms with Gasteiger partial charge in [-0.3, -0.25) is 9.00 Å². The van der Waals surface area contributed by atoms with Crippen molar-refractivity contribution >= 4 is 16.6 Å². The van der Waals surface area contributed by atoms with Crippen LogP contribution >= 0.6 is 0 Å². The van der Waals surface area contributed by atoms with Crippen molar-refractivity contribution in [3.05, 3.63) is 35.9 Å². The molecular formula is C14H18O2S. The van der Waals surface area contributed by atoms with Gasteiger partial charge in [0.2, 0.25) is 0 Å². The van der Waals surface area contributed by atoms with Crippen LogP contribution in [0.2, 0.25) is 0 Å². The second-order valence-corrected chi connectivity index (χ2v) is 6.19. The van der Waals surface area contributed by atoms with E-state index in [2.05, 4.69) is 0 Å². The fourth-order valence-electron chi connectivity index (χ4n) is 2.35. The molecule has 1 unspecified atom stereocenters. The van der Waals surface area contributed by atoms with Crippen molar-refractivity contribution in [1.82, 2.24) is 0 Å². The van der Waals surface area contributed by atoms with Crippen LogP contribution in [-0.2, 0) is 10.8 Å².